The number of methoxy groups -OCH3 is 3. The molecule has 0 aliphatic heterocycles. The molecule has 1 atom stereocenters. The van der Waals surface area contributed by atoms with Crippen molar-refractivity contribution in [3.05, 3.63) is 60.2 Å². The monoisotopic (exact) mass is 300 g/mol. The third kappa shape index (κ3) is 2.86. The van der Waals surface area contributed by atoms with Crippen LogP contribution in [0.2, 0.25) is 0 Å². The van der Waals surface area contributed by atoms with E-state index in [0.29, 0.717) is 17.2 Å². The van der Waals surface area contributed by atoms with Gasteiger partial charge in [0, 0.05) is 23.1 Å². The summed E-state index contributed by atoms with van der Waals surface area (Å²) in [6.45, 7) is 3.89. The summed E-state index contributed by atoms with van der Waals surface area (Å²) in [6, 6.07) is 10.8. The molecule has 2 rings (SSSR count). The van der Waals surface area contributed by atoms with E-state index in [1.807, 2.05) is 18.2 Å². The molecule has 0 aromatic heterocycles. The number of para-hydroxylation sites is 1. The summed E-state index contributed by atoms with van der Waals surface area (Å²) in [4.78, 5) is 0. The molecule has 0 aliphatic carbocycles. The van der Waals surface area contributed by atoms with Crippen LogP contribution in [0.3, 0.4) is 0 Å². The highest BCUT2D eigenvalue weighted by atomic mass is 16.5. The first-order chi connectivity index (χ1) is 10.7. The Hall–Kier alpha value is -2.62. The Morgan fingerprint density at radius 1 is 0.909 bits per heavy atom. The zero-order valence-corrected chi connectivity index (χ0v) is 13.0. The number of aromatic hydroxyl groups is 1. The Morgan fingerprint density at radius 3 is 2.05 bits per heavy atom. The first-order valence-electron chi connectivity index (χ1n) is 6.86. The van der Waals surface area contributed by atoms with Crippen molar-refractivity contribution >= 4 is 0 Å². The second kappa shape index (κ2) is 6.89. The summed E-state index contributed by atoms with van der Waals surface area (Å²) >= 11 is 0. The second-order valence-electron chi connectivity index (χ2n) is 4.72. The van der Waals surface area contributed by atoms with Crippen LogP contribution in [0.1, 0.15) is 17.0 Å². The lowest BCUT2D eigenvalue weighted by Gasteiger charge is -2.20. The summed E-state index contributed by atoms with van der Waals surface area (Å²) in [6.07, 6.45) is 1.76. The molecular formula is C18H20O4. The molecule has 1 N–H and O–H groups in total. The maximum atomic E-state index is 10.1. The Balaban J connectivity index is 2.62. The van der Waals surface area contributed by atoms with Crippen molar-refractivity contribution in [2.75, 3.05) is 21.3 Å². The van der Waals surface area contributed by atoms with Crippen LogP contribution >= 0.6 is 0 Å². The lowest BCUT2D eigenvalue weighted by molar-refractivity contribution is 0.347. The summed E-state index contributed by atoms with van der Waals surface area (Å²) in [7, 11) is 4.75. The molecular weight excluding hydrogens is 280 g/mol. The minimum Gasteiger partial charge on any atom is -0.508 e. The molecule has 0 saturated carbocycles. The van der Waals surface area contributed by atoms with Crippen LogP contribution in [0, 0.1) is 0 Å². The molecule has 0 heterocycles. The number of allylic oxidation sites excluding steroid dienone is 1. The van der Waals surface area contributed by atoms with E-state index < -0.39 is 0 Å². The van der Waals surface area contributed by atoms with Crippen LogP contribution in [0.4, 0.5) is 0 Å². The maximum Gasteiger partial charge on any atom is 0.164 e. The largest absolute Gasteiger partial charge is 0.508 e. The van der Waals surface area contributed by atoms with Crippen LogP contribution in [-0.2, 0) is 0 Å². The van der Waals surface area contributed by atoms with Crippen molar-refractivity contribution in [2.24, 2.45) is 0 Å². The van der Waals surface area contributed by atoms with Crippen molar-refractivity contribution in [1.29, 1.82) is 0 Å². The number of phenolic OH excluding ortho intramolecular Hbond substituents is 1. The lowest BCUT2D eigenvalue weighted by Crippen LogP contribution is -2.03. The molecule has 0 fully saturated rings. The summed E-state index contributed by atoms with van der Waals surface area (Å²) in [5.41, 5.74) is 1.60. The highest BCUT2D eigenvalue weighted by Crippen LogP contribution is 2.42. The van der Waals surface area contributed by atoms with E-state index >= 15 is 0 Å². The molecule has 0 unspecified atom stereocenters. The fourth-order valence-electron chi connectivity index (χ4n) is 2.47. The molecule has 116 valence electrons. The predicted molar refractivity (Wildman–Crippen MR) is 86.2 cm³/mol. The van der Waals surface area contributed by atoms with Gasteiger partial charge in [-0.3, -0.25) is 0 Å². The van der Waals surface area contributed by atoms with Crippen LogP contribution in [0.15, 0.2) is 49.1 Å². The van der Waals surface area contributed by atoms with Gasteiger partial charge in [-0.25, -0.2) is 0 Å². The van der Waals surface area contributed by atoms with Gasteiger partial charge in [0.05, 0.1) is 21.3 Å². The molecule has 4 nitrogen and oxygen atoms in total. The van der Waals surface area contributed by atoms with Crippen molar-refractivity contribution < 1.29 is 19.3 Å². The van der Waals surface area contributed by atoms with E-state index in [1.165, 1.54) is 0 Å². The first-order valence-corrected chi connectivity index (χ1v) is 6.86. The van der Waals surface area contributed by atoms with Gasteiger partial charge >= 0.3 is 0 Å². The Morgan fingerprint density at radius 2 is 1.50 bits per heavy atom. The zero-order chi connectivity index (χ0) is 16.1. The van der Waals surface area contributed by atoms with E-state index in [9.17, 15) is 5.11 Å². The molecule has 0 aliphatic rings. The summed E-state index contributed by atoms with van der Waals surface area (Å²) in [5, 5.41) is 10.1. The van der Waals surface area contributed by atoms with Crippen LogP contribution in [0.25, 0.3) is 0 Å². The molecule has 0 radical (unpaired) electrons. The number of rotatable bonds is 6. The van der Waals surface area contributed by atoms with Gasteiger partial charge < -0.3 is 19.3 Å². The topological polar surface area (TPSA) is 47.9 Å². The molecule has 22 heavy (non-hydrogen) atoms. The molecule has 0 amide bonds. The third-order valence-electron chi connectivity index (χ3n) is 3.58. The van der Waals surface area contributed by atoms with E-state index in [1.54, 1.807) is 45.6 Å². The van der Waals surface area contributed by atoms with Crippen molar-refractivity contribution in [2.45, 2.75) is 5.92 Å². The summed E-state index contributed by atoms with van der Waals surface area (Å²) < 4.78 is 16.1. The maximum absolute atomic E-state index is 10.1. The molecule has 0 saturated heterocycles. The van der Waals surface area contributed by atoms with Gasteiger partial charge in [-0.05, 0) is 12.1 Å². The van der Waals surface area contributed by atoms with Gasteiger partial charge in [-0.2, -0.15) is 0 Å². The molecule has 0 spiro atoms. The van der Waals surface area contributed by atoms with Crippen molar-refractivity contribution in [1.82, 2.24) is 0 Å². The fraction of sp³-hybridized carbons (Fsp3) is 0.222. The van der Waals surface area contributed by atoms with Crippen molar-refractivity contribution in [3.63, 3.8) is 0 Å². The highest BCUT2D eigenvalue weighted by molar-refractivity contribution is 5.56. The van der Waals surface area contributed by atoms with Gasteiger partial charge in [0.25, 0.3) is 0 Å². The highest BCUT2D eigenvalue weighted by Gasteiger charge is 2.21. The number of phenols is 1. The molecule has 0 bridgehead atoms. The average molecular weight is 300 g/mol. The van der Waals surface area contributed by atoms with Crippen LogP contribution < -0.4 is 14.2 Å². The Bertz CT molecular complexity index is 664. The smallest absolute Gasteiger partial charge is 0.164 e. The minimum atomic E-state index is -0.226. The van der Waals surface area contributed by atoms with E-state index in [2.05, 4.69) is 6.58 Å². The lowest BCUT2D eigenvalue weighted by atomic mass is 9.89. The van der Waals surface area contributed by atoms with E-state index in [-0.39, 0.29) is 11.7 Å². The van der Waals surface area contributed by atoms with Gasteiger partial charge in [0.1, 0.15) is 11.5 Å². The minimum absolute atomic E-state index is 0.212. The number of benzene rings is 2. The second-order valence-corrected chi connectivity index (χ2v) is 4.72. The number of hydrogen-bond acceptors (Lipinski definition) is 4. The number of ether oxygens (including phenoxy) is 3. The quantitative estimate of drug-likeness (QED) is 0.826. The average Bonchev–Trinajstić information content (AvgIpc) is 2.56. The Kier molecular flexibility index (Phi) is 4.94. The van der Waals surface area contributed by atoms with Gasteiger partial charge in [-0.1, -0.05) is 24.3 Å². The van der Waals surface area contributed by atoms with E-state index in [4.69, 9.17) is 14.2 Å². The summed E-state index contributed by atoms with van der Waals surface area (Å²) in [5.74, 6) is 1.81. The standard InChI is InChI=1S/C18H20O4/c1-5-12(13-8-6-7-9-15(13)19)14-10-17(21-3)18(22-4)11-16(14)20-2/h5-12,19H,1H2,2-4H3/t12-/m1/s1. The molecule has 4 heteroatoms. The Labute approximate surface area is 130 Å². The normalized spacial score (nSPS) is 11.6. The van der Waals surface area contributed by atoms with E-state index in [0.717, 1.165) is 11.1 Å². The SMILES string of the molecule is C=C[C@H](c1ccccc1O)c1cc(OC)c(OC)cc1OC. The van der Waals surface area contributed by atoms with Gasteiger partial charge in [-0.15, -0.1) is 6.58 Å². The first kappa shape index (κ1) is 15.8. The van der Waals surface area contributed by atoms with Crippen LogP contribution in [-0.4, -0.2) is 26.4 Å². The zero-order valence-electron chi connectivity index (χ0n) is 13.0. The van der Waals surface area contributed by atoms with Gasteiger partial charge in [0.15, 0.2) is 11.5 Å². The number of hydrogen-bond donors (Lipinski definition) is 1. The molecule has 2 aromatic carbocycles. The fourth-order valence-corrected chi connectivity index (χ4v) is 2.47. The van der Waals surface area contributed by atoms with Crippen molar-refractivity contribution in [3.8, 4) is 23.0 Å². The third-order valence-corrected chi connectivity index (χ3v) is 3.58. The van der Waals surface area contributed by atoms with Gasteiger partial charge in [0.2, 0.25) is 0 Å². The molecule has 2 aromatic rings. The van der Waals surface area contributed by atoms with Crippen LogP contribution in [0.5, 0.6) is 23.0 Å². The predicted octanol–water partition coefficient (Wildman–Crippen LogP) is 3.74.